The number of piperidine rings is 1. The van der Waals surface area contributed by atoms with Gasteiger partial charge >= 0.3 is 0 Å². The van der Waals surface area contributed by atoms with Crippen molar-refractivity contribution >= 4 is 0 Å². The third-order valence-corrected chi connectivity index (χ3v) is 3.09. The van der Waals surface area contributed by atoms with Crippen LogP contribution in [0.4, 0.5) is 0 Å². The second-order valence-corrected chi connectivity index (χ2v) is 4.32. The van der Waals surface area contributed by atoms with Crippen LogP contribution in [0.2, 0.25) is 0 Å². The van der Waals surface area contributed by atoms with Gasteiger partial charge in [0.25, 0.3) is 0 Å². The lowest BCUT2D eigenvalue weighted by molar-refractivity contribution is 0.270. The van der Waals surface area contributed by atoms with E-state index in [0.717, 1.165) is 19.0 Å². The third kappa shape index (κ3) is 5.14. The van der Waals surface area contributed by atoms with Crippen molar-refractivity contribution in [2.75, 3.05) is 32.7 Å². The molecule has 1 saturated heterocycles. The SMILES string of the molecule is C=CCN(CC=C)CCC1CCNCC1. The Hall–Kier alpha value is -0.600. The second-order valence-electron chi connectivity index (χ2n) is 4.32. The molecule has 0 aromatic carbocycles. The van der Waals surface area contributed by atoms with Gasteiger partial charge in [-0.3, -0.25) is 4.90 Å². The highest BCUT2D eigenvalue weighted by Crippen LogP contribution is 2.16. The fourth-order valence-electron chi connectivity index (χ4n) is 2.16. The van der Waals surface area contributed by atoms with Gasteiger partial charge in [0.2, 0.25) is 0 Å². The normalized spacial score (nSPS) is 17.9. The molecule has 86 valence electrons. The molecule has 0 spiro atoms. The van der Waals surface area contributed by atoms with Crippen LogP contribution >= 0.6 is 0 Å². The Morgan fingerprint density at radius 1 is 1.13 bits per heavy atom. The number of rotatable bonds is 7. The van der Waals surface area contributed by atoms with Crippen molar-refractivity contribution in [3.05, 3.63) is 25.3 Å². The number of nitrogens with one attached hydrogen (secondary N) is 1. The monoisotopic (exact) mass is 208 g/mol. The molecule has 0 aliphatic carbocycles. The van der Waals surface area contributed by atoms with Crippen molar-refractivity contribution in [1.82, 2.24) is 10.2 Å². The van der Waals surface area contributed by atoms with Crippen LogP contribution in [0.1, 0.15) is 19.3 Å². The van der Waals surface area contributed by atoms with Crippen LogP contribution in [0.25, 0.3) is 0 Å². The molecule has 0 saturated carbocycles. The van der Waals surface area contributed by atoms with Gasteiger partial charge in [-0.05, 0) is 44.8 Å². The Kier molecular flexibility index (Phi) is 6.37. The Bertz CT molecular complexity index is 173. The standard InChI is InChI=1S/C13H24N2/c1-3-10-15(11-4-2)12-7-13-5-8-14-9-6-13/h3-4,13-14H,1-2,5-12H2. The summed E-state index contributed by atoms with van der Waals surface area (Å²) in [5.74, 6) is 0.920. The van der Waals surface area contributed by atoms with E-state index in [4.69, 9.17) is 0 Å². The Balaban J connectivity index is 2.18. The van der Waals surface area contributed by atoms with Crippen molar-refractivity contribution in [2.24, 2.45) is 5.92 Å². The van der Waals surface area contributed by atoms with E-state index < -0.39 is 0 Å². The van der Waals surface area contributed by atoms with Gasteiger partial charge in [0, 0.05) is 13.1 Å². The summed E-state index contributed by atoms with van der Waals surface area (Å²) in [6.07, 6.45) is 7.97. The smallest absolute Gasteiger partial charge is 0.0163 e. The minimum atomic E-state index is 0.920. The summed E-state index contributed by atoms with van der Waals surface area (Å²) in [6.45, 7) is 13.1. The molecule has 1 fully saturated rings. The highest BCUT2D eigenvalue weighted by molar-refractivity contribution is 4.80. The quantitative estimate of drug-likeness (QED) is 0.644. The van der Waals surface area contributed by atoms with Crippen molar-refractivity contribution < 1.29 is 0 Å². The maximum Gasteiger partial charge on any atom is 0.0163 e. The fourth-order valence-corrected chi connectivity index (χ4v) is 2.16. The first-order chi connectivity index (χ1) is 7.36. The topological polar surface area (TPSA) is 15.3 Å². The van der Waals surface area contributed by atoms with Crippen LogP contribution in [0.5, 0.6) is 0 Å². The second kappa shape index (κ2) is 7.66. The van der Waals surface area contributed by atoms with Gasteiger partial charge < -0.3 is 5.32 Å². The molecular weight excluding hydrogens is 184 g/mol. The summed E-state index contributed by atoms with van der Waals surface area (Å²) < 4.78 is 0. The average molecular weight is 208 g/mol. The highest BCUT2D eigenvalue weighted by atomic mass is 15.1. The van der Waals surface area contributed by atoms with Gasteiger partial charge in [-0.2, -0.15) is 0 Å². The summed E-state index contributed by atoms with van der Waals surface area (Å²) in [4.78, 5) is 2.40. The van der Waals surface area contributed by atoms with Gasteiger partial charge in [0.05, 0.1) is 0 Å². The van der Waals surface area contributed by atoms with Crippen LogP contribution in [0.3, 0.4) is 0 Å². The summed E-state index contributed by atoms with van der Waals surface area (Å²) in [6, 6.07) is 0. The molecule has 1 heterocycles. The van der Waals surface area contributed by atoms with E-state index in [9.17, 15) is 0 Å². The van der Waals surface area contributed by atoms with Gasteiger partial charge in [0.1, 0.15) is 0 Å². The molecule has 0 aromatic rings. The molecule has 2 heteroatoms. The van der Waals surface area contributed by atoms with E-state index in [1.165, 1.54) is 38.9 Å². The zero-order chi connectivity index (χ0) is 10.9. The summed E-state index contributed by atoms with van der Waals surface area (Å²) in [5, 5.41) is 3.41. The predicted octanol–water partition coefficient (Wildman–Crippen LogP) is 2.05. The zero-order valence-electron chi connectivity index (χ0n) is 9.75. The molecule has 1 aliphatic rings. The molecular formula is C13H24N2. The van der Waals surface area contributed by atoms with Gasteiger partial charge in [-0.1, -0.05) is 12.2 Å². The largest absolute Gasteiger partial charge is 0.317 e. The van der Waals surface area contributed by atoms with E-state index in [-0.39, 0.29) is 0 Å². The maximum absolute atomic E-state index is 3.79. The van der Waals surface area contributed by atoms with Crippen molar-refractivity contribution in [2.45, 2.75) is 19.3 Å². The van der Waals surface area contributed by atoms with Crippen LogP contribution in [0.15, 0.2) is 25.3 Å². The van der Waals surface area contributed by atoms with E-state index in [2.05, 4.69) is 23.4 Å². The lowest BCUT2D eigenvalue weighted by atomic mass is 9.94. The summed E-state index contributed by atoms with van der Waals surface area (Å²) in [5.41, 5.74) is 0. The molecule has 0 unspecified atom stereocenters. The van der Waals surface area contributed by atoms with E-state index in [1.54, 1.807) is 0 Å². The maximum atomic E-state index is 3.79. The average Bonchev–Trinajstić information content (AvgIpc) is 2.28. The van der Waals surface area contributed by atoms with Gasteiger partial charge in [0.15, 0.2) is 0 Å². The molecule has 0 atom stereocenters. The minimum absolute atomic E-state index is 0.920. The predicted molar refractivity (Wildman–Crippen MR) is 67.0 cm³/mol. The third-order valence-electron chi connectivity index (χ3n) is 3.09. The lowest BCUT2D eigenvalue weighted by Crippen LogP contribution is -2.31. The molecule has 1 aliphatic heterocycles. The summed E-state index contributed by atoms with van der Waals surface area (Å²) >= 11 is 0. The van der Waals surface area contributed by atoms with Crippen LogP contribution in [0, 0.1) is 5.92 Å². The van der Waals surface area contributed by atoms with Crippen LogP contribution in [-0.4, -0.2) is 37.6 Å². The molecule has 0 amide bonds. The van der Waals surface area contributed by atoms with Crippen molar-refractivity contribution in [1.29, 1.82) is 0 Å². The Labute approximate surface area is 94.0 Å². The number of hydrogen-bond donors (Lipinski definition) is 1. The Morgan fingerprint density at radius 3 is 2.27 bits per heavy atom. The van der Waals surface area contributed by atoms with Crippen molar-refractivity contribution in [3.8, 4) is 0 Å². The molecule has 1 N–H and O–H groups in total. The minimum Gasteiger partial charge on any atom is -0.317 e. The molecule has 0 radical (unpaired) electrons. The first-order valence-electron chi connectivity index (χ1n) is 6.01. The highest BCUT2D eigenvalue weighted by Gasteiger charge is 2.13. The zero-order valence-corrected chi connectivity index (χ0v) is 9.75. The number of nitrogens with zero attached hydrogens (tertiary/aromatic N) is 1. The van der Waals surface area contributed by atoms with Gasteiger partial charge in [-0.25, -0.2) is 0 Å². The molecule has 0 aromatic heterocycles. The molecule has 2 nitrogen and oxygen atoms in total. The number of hydrogen-bond acceptors (Lipinski definition) is 2. The summed E-state index contributed by atoms with van der Waals surface area (Å²) in [7, 11) is 0. The van der Waals surface area contributed by atoms with E-state index >= 15 is 0 Å². The van der Waals surface area contributed by atoms with Crippen LogP contribution < -0.4 is 5.32 Å². The Morgan fingerprint density at radius 2 is 1.73 bits per heavy atom. The first-order valence-corrected chi connectivity index (χ1v) is 6.01. The first kappa shape index (κ1) is 12.5. The van der Waals surface area contributed by atoms with E-state index in [1.807, 2.05) is 12.2 Å². The molecule has 15 heavy (non-hydrogen) atoms. The molecule has 1 rings (SSSR count). The molecule has 0 bridgehead atoms. The van der Waals surface area contributed by atoms with Crippen LogP contribution in [-0.2, 0) is 0 Å². The van der Waals surface area contributed by atoms with Crippen molar-refractivity contribution in [3.63, 3.8) is 0 Å². The van der Waals surface area contributed by atoms with Gasteiger partial charge in [-0.15, -0.1) is 13.2 Å². The lowest BCUT2D eigenvalue weighted by Gasteiger charge is -2.26. The van der Waals surface area contributed by atoms with E-state index in [0.29, 0.717) is 0 Å². The fraction of sp³-hybridized carbons (Fsp3) is 0.692.